The van der Waals surface area contributed by atoms with Crippen LogP contribution >= 0.6 is 34.4 Å². The van der Waals surface area contributed by atoms with Gasteiger partial charge in [0.1, 0.15) is 18.6 Å². The standard InChI is InChI=1S/C17H22IN3O6S/c18-11-4-2-1-3-10(11)8-28-9-13(16(25)20-7-15(23)24)21-14(22)6-5-12(19)17(26)27/h1-4,12-13H,5-9,19H2,(H,20,25)(H,21,22)(H,23,24)(H,26,27). The van der Waals surface area contributed by atoms with Gasteiger partial charge in [-0.3, -0.25) is 19.2 Å². The van der Waals surface area contributed by atoms with E-state index in [1.54, 1.807) is 0 Å². The van der Waals surface area contributed by atoms with Crippen LogP contribution in [0.2, 0.25) is 0 Å². The second-order valence-corrected chi connectivity index (χ2v) is 8.01. The zero-order chi connectivity index (χ0) is 21.1. The van der Waals surface area contributed by atoms with Crippen molar-refractivity contribution in [1.82, 2.24) is 10.6 Å². The van der Waals surface area contributed by atoms with Gasteiger partial charge in [-0.05, 0) is 40.6 Å². The molecule has 0 bridgehead atoms. The average Bonchev–Trinajstić information content (AvgIpc) is 2.64. The van der Waals surface area contributed by atoms with Gasteiger partial charge in [0.2, 0.25) is 11.8 Å². The fourth-order valence-corrected chi connectivity index (χ4v) is 3.94. The van der Waals surface area contributed by atoms with E-state index in [1.165, 1.54) is 11.8 Å². The Morgan fingerprint density at radius 1 is 1.18 bits per heavy atom. The summed E-state index contributed by atoms with van der Waals surface area (Å²) in [5, 5.41) is 22.2. The van der Waals surface area contributed by atoms with Crippen molar-refractivity contribution in [3.63, 3.8) is 0 Å². The van der Waals surface area contributed by atoms with Crippen LogP contribution in [-0.2, 0) is 24.9 Å². The van der Waals surface area contributed by atoms with Crippen LogP contribution in [0.3, 0.4) is 0 Å². The molecule has 1 aromatic rings. The molecule has 0 aliphatic carbocycles. The molecule has 11 heteroatoms. The van der Waals surface area contributed by atoms with Gasteiger partial charge < -0.3 is 26.6 Å². The molecule has 1 rings (SSSR count). The molecule has 0 aromatic heterocycles. The van der Waals surface area contributed by atoms with E-state index in [0.717, 1.165) is 9.13 Å². The maximum Gasteiger partial charge on any atom is 0.322 e. The first-order valence-electron chi connectivity index (χ1n) is 8.29. The molecule has 0 radical (unpaired) electrons. The Kier molecular flexibility index (Phi) is 10.9. The van der Waals surface area contributed by atoms with Crippen LogP contribution < -0.4 is 16.4 Å². The lowest BCUT2D eigenvalue weighted by Crippen LogP contribution is -2.49. The molecule has 0 fully saturated rings. The highest BCUT2D eigenvalue weighted by atomic mass is 127. The molecular formula is C17H22IN3O6S. The number of carbonyl (C=O) groups is 4. The number of carboxylic acid groups (broad SMARTS) is 2. The largest absolute Gasteiger partial charge is 0.480 e. The highest BCUT2D eigenvalue weighted by Crippen LogP contribution is 2.19. The van der Waals surface area contributed by atoms with Gasteiger partial charge >= 0.3 is 11.9 Å². The summed E-state index contributed by atoms with van der Waals surface area (Å²) in [5.74, 6) is -2.71. The topological polar surface area (TPSA) is 159 Å². The Bertz CT molecular complexity index is 718. The first kappa shape index (κ1) is 24.2. The minimum Gasteiger partial charge on any atom is -0.480 e. The Morgan fingerprint density at radius 2 is 1.86 bits per heavy atom. The van der Waals surface area contributed by atoms with E-state index in [2.05, 4.69) is 33.2 Å². The first-order valence-corrected chi connectivity index (χ1v) is 10.5. The highest BCUT2D eigenvalue weighted by Gasteiger charge is 2.22. The summed E-state index contributed by atoms with van der Waals surface area (Å²) >= 11 is 3.62. The zero-order valence-corrected chi connectivity index (χ0v) is 17.9. The number of hydrogen-bond donors (Lipinski definition) is 5. The predicted octanol–water partition coefficient (Wildman–Crippen LogP) is 0.402. The van der Waals surface area contributed by atoms with Crippen LogP contribution in [0, 0.1) is 3.57 Å². The van der Waals surface area contributed by atoms with E-state index in [0.29, 0.717) is 5.75 Å². The average molecular weight is 523 g/mol. The Hall–Kier alpha value is -1.86. The minimum atomic E-state index is -1.21. The summed E-state index contributed by atoms with van der Waals surface area (Å²) in [6.07, 6.45) is -0.225. The molecule has 0 heterocycles. The Morgan fingerprint density at radius 3 is 2.46 bits per heavy atom. The molecule has 6 N–H and O–H groups in total. The van der Waals surface area contributed by atoms with Gasteiger partial charge in [-0.1, -0.05) is 18.2 Å². The first-order chi connectivity index (χ1) is 13.2. The summed E-state index contributed by atoms with van der Waals surface area (Å²) < 4.78 is 1.08. The van der Waals surface area contributed by atoms with Crippen molar-refractivity contribution in [2.24, 2.45) is 5.73 Å². The lowest BCUT2D eigenvalue weighted by Gasteiger charge is -2.18. The SMILES string of the molecule is NC(CCC(=O)NC(CSCc1ccccc1I)C(=O)NCC(=O)O)C(=O)O. The third-order valence-electron chi connectivity index (χ3n) is 3.57. The van der Waals surface area contributed by atoms with Crippen LogP contribution in [0.5, 0.6) is 0 Å². The Balaban J connectivity index is 2.63. The van der Waals surface area contributed by atoms with Crippen molar-refractivity contribution in [3.05, 3.63) is 33.4 Å². The van der Waals surface area contributed by atoms with Crippen LogP contribution in [0.1, 0.15) is 18.4 Å². The second kappa shape index (κ2) is 12.6. The van der Waals surface area contributed by atoms with Gasteiger partial charge in [-0.2, -0.15) is 11.8 Å². The van der Waals surface area contributed by atoms with Gasteiger partial charge in [-0.15, -0.1) is 0 Å². The summed E-state index contributed by atoms with van der Waals surface area (Å²) in [5.41, 5.74) is 6.45. The number of hydrogen-bond acceptors (Lipinski definition) is 6. The number of halogens is 1. The van der Waals surface area contributed by atoms with Crippen molar-refractivity contribution >= 4 is 58.1 Å². The van der Waals surface area contributed by atoms with Crippen molar-refractivity contribution in [3.8, 4) is 0 Å². The number of carboxylic acids is 2. The fourth-order valence-electron chi connectivity index (χ4n) is 2.05. The molecule has 2 unspecified atom stereocenters. The molecule has 2 atom stereocenters. The quantitative estimate of drug-likeness (QED) is 0.246. The molecule has 1 aromatic carbocycles. The van der Waals surface area contributed by atoms with Crippen molar-refractivity contribution < 1.29 is 29.4 Å². The van der Waals surface area contributed by atoms with Gasteiger partial charge in [0.15, 0.2) is 0 Å². The second-order valence-electron chi connectivity index (χ2n) is 5.82. The predicted molar refractivity (Wildman–Crippen MR) is 113 cm³/mol. The normalized spacial score (nSPS) is 12.6. The van der Waals surface area contributed by atoms with Gasteiger partial charge in [0.25, 0.3) is 0 Å². The van der Waals surface area contributed by atoms with Gasteiger partial charge in [0.05, 0.1) is 0 Å². The van der Waals surface area contributed by atoms with Crippen molar-refractivity contribution in [2.75, 3.05) is 12.3 Å². The number of benzene rings is 1. The molecule has 0 spiro atoms. The molecule has 0 saturated carbocycles. The maximum atomic E-state index is 12.2. The third-order valence-corrected chi connectivity index (χ3v) is 5.70. The number of amides is 2. The van der Waals surface area contributed by atoms with Crippen molar-refractivity contribution in [1.29, 1.82) is 0 Å². The molecule has 0 saturated heterocycles. The smallest absolute Gasteiger partial charge is 0.322 e. The fraction of sp³-hybridized carbons (Fsp3) is 0.412. The van der Waals surface area contributed by atoms with Crippen LogP contribution in [0.15, 0.2) is 24.3 Å². The van der Waals surface area contributed by atoms with E-state index in [-0.39, 0.29) is 18.6 Å². The van der Waals surface area contributed by atoms with E-state index >= 15 is 0 Å². The van der Waals surface area contributed by atoms with E-state index in [9.17, 15) is 19.2 Å². The molecule has 154 valence electrons. The summed E-state index contributed by atoms with van der Waals surface area (Å²) in [7, 11) is 0. The lowest BCUT2D eigenvalue weighted by molar-refractivity contribution is -0.139. The van der Waals surface area contributed by atoms with E-state index in [4.69, 9.17) is 15.9 Å². The maximum absolute atomic E-state index is 12.2. The van der Waals surface area contributed by atoms with Crippen LogP contribution in [0.4, 0.5) is 0 Å². The molecular weight excluding hydrogens is 501 g/mol. The number of nitrogens with two attached hydrogens (primary N) is 1. The molecule has 9 nitrogen and oxygen atoms in total. The number of aliphatic carboxylic acids is 2. The summed E-state index contributed by atoms with van der Waals surface area (Å²) in [6, 6.07) is 5.63. The molecule has 28 heavy (non-hydrogen) atoms. The number of carbonyl (C=O) groups excluding carboxylic acids is 2. The number of thioether (sulfide) groups is 1. The highest BCUT2D eigenvalue weighted by molar-refractivity contribution is 14.1. The van der Waals surface area contributed by atoms with E-state index < -0.39 is 42.4 Å². The number of nitrogens with one attached hydrogen (secondary N) is 2. The third kappa shape index (κ3) is 9.37. The van der Waals surface area contributed by atoms with Gasteiger partial charge in [0, 0.05) is 21.5 Å². The minimum absolute atomic E-state index is 0.0695. The molecule has 0 aliphatic rings. The zero-order valence-electron chi connectivity index (χ0n) is 14.9. The summed E-state index contributed by atoms with van der Waals surface area (Å²) in [4.78, 5) is 45.6. The van der Waals surface area contributed by atoms with Crippen molar-refractivity contribution in [2.45, 2.75) is 30.7 Å². The summed E-state index contributed by atoms with van der Waals surface area (Å²) in [6.45, 7) is -0.559. The van der Waals surface area contributed by atoms with Gasteiger partial charge in [-0.25, -0.2) is 0 Å². The van der Waals surface area contributed by atoms with Crippen LogP contribution in [0.25, 0.3) is 0 Å². The monoisotopic (exact) mass is 523 g/mol. The molecule has 0 aliphatic heterocycles. The van der Waals surface area contributed by atoms with Crippen LogP contribution in [-0.4, -0.2) is 58.3 Å². The Labute approximate surface area is 180 Å². The lowest BCUT2D eigenvalue weighted by atomic mass is 10.1. The molecule has 2 amide bonds. The number of rotatable bonds is 12. The van der Waals surface area contributed by atoms with E-state index in [1.807, 2.05) is 24.3 Å².